The first-order valence-electron chi connectivity index (χ1n) is 6.27. The van der Waals surface area contributed by atoms with Crippen LogP contribution in [0.4, 0.5) is 0 Å². The van der Waals surface area contributed by atoms with E-state index in [2.05, 4.69) is 10.2 Å². The maximum atomic E-state index is 5.16. The average molecular weight is 212 g/mol. The fraction of sp³-hybridized carbons (Fsp3) is 1.00. The standard InChI is InChI=1S/C12H24N2O/c1-15-9-8-14-7-3-5-12(11-14)4-2-6-13-10-12/h13H,2-11H2,1H3. The second kappa shape index (κ2) is 5.28. The van der Waals surface area contributed by atoms with Gasteiger partial charge >= 0.3 is 0 Å². The number of methoxy groups -OCH3 is 1. The Morgan fingerprint density at radius 1 is 1.33 bits per heavy atom. The van der Waals surface area contributed by atoms with E-state index < -0.39 is 0 Å². The molecule has 0 aromatic carbocycles. The molecule has 2 heterocycles. The summed E-state index contributed by atoms with van der Waals surface area (Å²) < 4.78 is 5.16. The van der Waals surface area contributed by atoms with Crippen molar-refractivity contribution in [3.63, 3.8) is 0 Å². The Morgan fingerprint density at radius 3 is 2.93 bits per heavy atom. The van der Waals surface area contributed by atoms with Crippen molar-refractivity contribution in [3.05, 3.63) is 0 Å². The number of nitrogens with one attached hydrogen (secondary N) is 1. The first-order chi connectivity index (χ1) is 7.35. The summed E-state index contributed by atoms with van der Waals surface area (Å²) in [4.78, 5) is 2.58. The van der Waals surface area contributed by atoms with Gasteiger partial charge in [-0.05, 0) is 44.2 Å². The van der Waals surface area contributed by atoms with Crippen LogP contribution in [0.25, 0.3) is 0 Å². The molecule has 1 unspecified atom stereocenters. The highest BCUT2D eigenvalue weighted by Gasteiger charge is 2.36. The van der Waals surface area contributed by atoms with E-state index in [0.717, 1.165) is 13.2 Å². The predicted molar refractivity (Wildman–Crippen MR) is 62.1 cm³/mol. The van der Waals surface area contributed by atoms with E-state index in [1.807, 2.05) is 0 Å². The third kappa shape index (κ3) is 2.92. The van der Waals surface area contributed by atoms with Crippen LogP contribution >= 0.6 is 0 Å². The summed E-state index contributed by atoms with van der Waals surface area (Å²) in [6, 6.07) is 0. The largest absolute Gasteiger partial charge is 0.383 e. The summed E-state index contributed by atoms with van der Waals surface area (Å²) in [5, 5.41) is 3.56. The Bertz CT molecular complexity index is 185. The van der Waals surface area contributed by atoms with Crippen LogP contribution in [-0.2, 0) is 4.74 Å². The minimum atomic E-state index is 0.588. The second-order valence-electron chi connectivity index (χ2n) is 5.15. The number of likely N-dealkylation sites (tertiary alicyclic amines) is 1. The van der Waals surface area contributed by atoms with Crippen LogP contribution in [0.1, 0.15) is 25.7 Å². The number of hydrogen-bond acceptors (Lipinski definition) is 3. The van der Waals surface area contributed by atoms with Gasteiger partial charge < -0.3 is 15.0 Å². The first kappa shape index (κ1) is 11.4. The number of hydrogen-bond donors (Lipinski definition) is 1. The molecule has 2 rings (SSSR count). The van der Waals surface area contributed by atoms with Crippen LogP contribution in [0.3, 0.4) is 0 Å². The zero-order valence-electron chi connectivity index (χ0n) is 9.93. The Morgan fingerprint density at radius 2 is 2.20 bits per heavy atom. The molecule has 1 N–H and O–H groups in total. The van der Waals surface area contributed by atoms with Crippen LogP contribution in [0.2, 0.25) is 0 Å². The Balaban J connectivity index is 1.85. The molecule has 0 radical (unpaired) electrons. The lowest BCUT2D eigenvalue weighted by atomic mass is 9.74. The molecular formula is C12H24N2O. The van der Waals surface area contributed by atoms with Crippen molar-refractivity contribution in [2.45, 2.75) is 25.7 Å². The Kier molecular flexibility index (Phi) is 4.00. The van der Waals surface area contributed by atoms with Crippen molar-refractivity contribution in [3.8, 4) is 0 Å². The van der Waals surface area contributed by atoms with Gasteiger partial charge in [0.25, 0.3) is 0 Å². The van der Waals surface area contributed by atoms with Gasteiger partial charge in [-0.1, -0.05) is 0 Å². The summed E-state index contributed by atoms with van der Waals surface area (Å²) in [5.74, 6) is 0. The van der Waals surface area contributed by atoms with Crippen molar-refractivity contribution in [2.24, 2.45) is 5.41 Å². The van der Waals surface area contributed by atoms with E-state index in [1.54, 1.807) is 7.11 Å². The summed E-state index contributed by atoms with van der Waals surface area (Å²) in [6.07, 6.45) is 5.57. The molecular weight excluding hydrogens is 188 g/mol. The van der Waals surface area contributed by atoms with Crippen molar-refractivity contribution in [1.29, 1.82) is 0 Å². The van der Waals surface area contributed by atoms with E-state index in [-0.39, 0.29) is 0 Å². The summed E-state index contributed by atoms with van der Waals surface area (Å²) in [5.41, 5.74) is 0.588. The molecule has 0 bridgehead atoms. The molecule has 0 aromatic heterocycles. The van der Waals surface area contributed by atoms with Crippen molar-refractivity contribution in [1.82, 2.24) is 10.2 Å². The first-order valence-corrected chi connectivity index (χ1v) is 6.27. The molecule has 3 nitrogen and oxygen atoms in total. The SMILES string of the molecule is COCCN1CCCC2(CCCNC2)C1. The maximum Gasteiger partial charge on any atom is 0.0589 e. The van der Waals surface area contributed by atoms with Crippen molar-refractivity contribution >= 4 is 0 Å². The van der Waals surface area contributed by atoms with E-state index in [4.69, 9.17) is 4.74 Å². The molecule has 2 aliphatic rings. The van der Waals surface area contributed by atoms with E-state index in [0.29, 0.717) is 5.41 Å². The maximum absolute atomic E-state index is 5.16. The summed E-state index contributed by atoms with van der Waals surface area (Å²) in [7, 11) is 1.79. The third-order valence-corrected chi connectivity index (χ3v) is 3.91. The fourth-order valence-electron chi connectivity index (χ4n) is 3.10. The number of ether oxygens (including phenoxy) is 1. The highest BCUT2D eigenvalue weighted by molar-refractivity contribution is 4.91. The lowest BCUT2D eigenvalue weighted by Gasteiger charge is -2.45. The van der Waals surface area contributed by atoms with Gasteiger partial charge in [-0.25, -0.2) is 0 Å². The smallest absolute Gasteiger partial charge is 0.0589 e. The van der Waals surface area contributed by atoms with E-state index >= 15 is 0 Å². The van der Waals surface area contributed by atoms with E-state index in [9.17, 15) is 0 Å². The number of rotatable bonds is 3. The van der Waals surface area contributed by atoms with Crippen LogP contribution in [0.15, 0.2) is 0 Å². The molecule has 0 saturated carbocycles. The van der Waals surface area contributed by atoms with Gasteiger partial charge in [0.05, 0.1) is 6.61 Å². The molecule has 88 valence electrons. The fourth-order valence-corrected chi connectivity index (χ4v) is 3.10. The van der Waals surface area contributed by atoms with E-state index in [1.165, 1.54) is 51.9 Å². The number of piperidine rings is 2. The molecule has 3 heteroatoms. The summed E-state index contributed by atoms with van der Waals surface area (Å²) in [6.45, 7) is 6.99. The topological polar surface area (TPSA) is 24.5 Å². The van der Waals surface area contributed by atoms with Crippen molar-refractivity contribution < 1.29 is 4.74 Å². The monoisotopic (exact) mass is 212 g/mol. The lowest BCUT2D eigenvalue weighted by molar-refractivity contribution is 0.0472. The normalized spacial score (nSPS) is 33.4. The van der Waals surface area contributed by atoms with Crippen LogP contribution < -0.4 is 5.32 Å². The Labute approximate surface area is 93.2 Å². The molecule has 1 atom stereocenters. The number of nitrogens with zero attached hydrogens (tertiary/aromatic N) is 1. The summed E-state index contributed by atoms with van der Waals surface area (Å²) >= 11 is 0. The molecule has 15 heavy (non-hydrogen) atoms. The van der Waals surface area contributed by atoms with Crippen LogP contribution in [-0.4, -0.2) is 51.3 Å². The zero-order valence-corrected chi connectivity index (χ0v) is 9.93. The van der Waals surface area contributed by atoms with Crippen LogP contribution in [0, 0.1) is 5.41 Å². The quantitative estimate of drug-likeness (QED) is 0.758. The van der Waals surface area contributed by atoms with Crippen molar-refractivity contribution in [2.75, 3.05) is 46.4 Å². The van der Waals surface area contributed by atoms with Gasteiger partial charge in [0.15, 0.2) is 0 Å². The van der Waals surface area contributed by atoms with Crippen LogP contribution in [0.5, 0.6) is 0 Å². The predicted octanol–water partition coefficient (Wildman–Crippen LogP) is 1.10. The molecule has 2 saturated heterocycles. The Hall–Kier alpha value is -0.120. The third-order valence-electron chi connectivity index (χ3n) is 3.91. The van der Waals surface area contributed by atoms with Gasteiger partial charge in [0.1, 0.15) is 0 Å². The second-order valence-corrected chi connectivity index (χ2v) is 5.15. The van der Waals surface area contributed by atoms with Gasteiger partial charge in [-0.2, -0.15) is 0 Å². The minimum absolute atomic E-state index is 0.588. The lowest BCUT2D eigenvalue weighted by Crippen LogP contribution is -2.51. The molecule has 2 aliphatic heterocycles. The minimum Gasteiger partial charge on any atom is -0.383 e. The molecule has 1 spiro atoms. The van der Waals surface area contributed by atoms with Gasteiger partial charge in [-0.15, -0.1) is 0 Å². The highest BCUT2D eigenvalue weighted by Crippen LogP contribution is 2.35. The molecule has 0 amide bonds. The van der Waals surface area contributed by atoms with Gasteiger partial charge in [0, 0.05) is 26.7 Å². The van der Waals surface area contributed by atoms with Gasteiger partial charge in [0.2, 0.25) is 0 Å². The molecule has 2 fully saturated rings. The zero-order chi connectivity index (χ0) is 10.6. The molecule has 0 aliphatic carbocycles. The molecule has 0 aromatic rings. The average Bonchev–Trinajstić information content (AvgIpc) is 2.28. The highest BCUT2D eigenvalue weighted by atomic mass is 16.5. The van der Waals surface area contributed by atoms with Gasteiger partial charge in [-0.3, -0.25) is 0 Å².